The summed E-state index contributed by atoms with van der Waals surface area (Å²) >= 11 is 0. The molecule has 0 rings (SSSR count). The molecule has 0 saturated carbocycles. The minimum atomic E-state index is -1.23. The normalized spacial score (nSPS) is 11.7. The topological polar surface area (TPSA) is 57.5 Å². The molecule has 0 fully saturated rings. The van der Waals surface area contributed by atoms with Crippen LogP contribution in [-0.2, 0) is 4.79 Å². The predicted octanol–water partition coefficient (Wildman–Crippen LogP) is -0.929. The Morgan fingerprint density at radius 1 is 1.71 bits per heavy atom. The van der Waals surface area contributed by atoms with E-state index in [0.29, 0.717) is 0 Å². The summed E-state index contributed by atoms with van der Waals surface area (Å²) in [5, 5.41) is 15.8. The smallest absolute Gasteiger partial charge is 0.332 e. The van der Waals surface area contributed by atoms with E-state index in [2.05, 4.69) is 0 Å². The van der Waals surface area contributed by atoms with E-state index in [-0.39, 0.29) is 23.1 Å². The largest absolute Gasteiger partial charge is 0.479 e. The van der Waals surface area contributed by atoms with Crippen LogP contribution < -0.4 is 0 Å². The molecule has 7 heavy (non-hydrogen) atoms. The first-order valence-electron chi connectivity index (χ1n) is 1.55. The molecule has 0 bridgehead atoms. The fraction of sp³-hybridized carbons (Fsp3) is 0.667. The SMILES string of the molecule is CC(O)C(=O)O.[Mg]. The summed E-state index contributed by atoms with van der Waals surface area (Å²) in [5.74, 6) is -1.19. The Kier molecular flexibility index (Phi) is 6.37. The number of carboxylic acids is 1. The quantitative estimate of drug-likeness (QED) is 0.433. The number of aliphatic hydroxyl groups is 1. The monoisotopic (exact) mass is 114 g/mol. The van der Waals surface area contributed by atoms with Gasteiger partial charge in [-0.15, -0.1) is 0 Å². The Labute approximate surface area is 57.5 Å². The van der Waals surface area contributed by atoms with E-state index in [1.165, 1.54) is 6.92 Å². The van der Waals surface area contributed by atoms with E-state index in [1.54, 1.807) is 0 Å². The van der Waals surface area contributed by atoms with Gasteiger partial charge in [-0.2, -0.15) is 0 Å². The molecule has 0 aromatic heterocycles. The first-order valence-corrected chi connectivity index (χ1v) is 1.55. The third kappa shape index (κ3) is 6.20. The average molecular weight is 114 g/mol. The van der Waals surface area contributed by atoms with Gasteiger partial charge < -0.3 is 10.2 Å². The minimum Gasteiger partial charge on any atom is -0.479 e. The van der Waals surface area contributed by atoms with Gasteiger partial charge in [-0.25, -0.2) is 4.79 Å². The average Bonchev–Trinajstić information content (AvgIpc) is 1.36. The summed E-state index contributed by atoms with van der Waals surface area (Å²) in [6.07, 6.45) is -1.23. The molecule has 1 unspecified atom stereocenters. The first-order chi connectivity index (χ1) is 2.64. The van der Waals surface area contributed by atoms with Gasteiger partial charge in [-0.1, -0.05) is 0 Å². The van der Waals surface area contributed by atoms with Gasteiger partial charge in [-0.3, -0.25) is 0 Å². The van der Waals surface area contributed by atoms with Crippen molar-refractivity contribution in [1.29, 1.82) is 0 Å². The zero-order chi connectivity index (χ0) is 5.15. The van der Waals surface area contributed by atoms with Crippen molar-refractivity contribution in [3.05, 3.63) is 0 Å². The van der Waals surface area contributed by atoms with Crippen molar-refractivity contribution in [3.8, 4) is 0 Å². The van der Waals surface area contributed by atoms with Gasteiger partial charge in [0.25, 0.3) is 0 Å². The lowest BCUT2D eigenvalue weighted by Crippen LogP contribution is -2.13. The van der Waals surface area contributed by atoms with Crippen LogP contribution in [0.15, 0.2) is 0 Å². The molecule has 1 atom stereocenters. The van der Waals surface area contributed by atoms with Crippen LogP contribution in [0.25, 0.3) is 0 Å². The summed E-state index contributed by atoms with van der Waals surface area (Å²) in [5.41, 5.74) is 0. The lowest BCUT2D eigenvalue weighted by Gasteiger charge is -1.89. The van der Waals surface area contributed by atoms with Crippen LogP contribution >= 0.6 is 0 Å². The maximum absolute atomic E-state index is 9.45. The zero-order valence-corrected chi connectivity index (χ0v) is 5.50. The molecule has 0 heterocycles. The van der Waals surface area contributed by atoms with Crippen molar-refractivity contribution in [1.82, 2.24) is 0 Å². The fourth-order valence-electron chi connectivity index (χ4n) is 0. The molecule has 4 heteroatoms. The van der Waals surface area contributed by atoms with Crippen LogP contribution in [0, 0.1) is 0 Å². The van der Waals surface area contributed by atoms with Crippen LogP contribution in [0.4, 0.5) is 0 Å². The van der Waals surface area contributed by atoms with Crippen molar-refractivity contribution in [2.45, 2.75) is 13.0 Å². The molecule has 2 radical (unpaired) electrons. The number of aliphatic hydroxyl groups excluding tert-OH is 1. The lowest BCUT2D eigenvalue weighted by atomic mass is 10.4. The molecule has 0 aliphatic rings. The molecule has 0 saturated heterocycles. The lowest BCUT2D eigenvalue weighted by molar-refractivity contribution is -0.145. The van der Waals surface area contributed by atoms with Crippen molar-refractivity contribution in [2.24, 2.45) is 0 Å². The maximum atomic E-state index is 9.45. The molecule has 3 nitrogen and oxygen atoms in total. The second kappa shape index (κ2) is 4.36. The third-order valence-electron chi connectivity index (χ3n) is 0.357. The number of hydrogen-bond donors (Lipinski definition) is 2. The van der Waals surface area contributed by atoms with Crippen LogP contribution in [0.2, 0.25) is 0 Å². The van der Waals surface area contributed by atoms with Crippen LogP contribution in [-0.4, -0.2) is 45.3 Å². The summed E-state index contributed by atoms with van der Waals surface area (Å²) in [4.78, 5) is 9.45. The van der Waals surface area contributed by atoms with Gasteiger partial charge in [0.05, 0.1) is 0 Å². The van der Waals surface area contributed by atoms with Crippen molar-refractivity contribution in [3.63, 3.8) is 0 Å². The van der Waals surface area contributed by atoms with E-state index in [4.69, 9.17) is 10.2 Å². The standard InChI is InChI=1S/C3H6O3.Mg/c1-2(4)3(5)6;/h2,4H,1H3,(H,5,6);. The first kappa shape index (κ1) is 10.2. The molecular weight excluding hydrogens is 108 g/mol. The fourth-order valence-corrected chi connectivity index (χ4v) is 0. The summed E-state index contributed by atoms with van der Waals surface area (Å²) in [7, 11) is 0. The Morgan fingerprint density at radius 2 is 1.86 bits per heavy atom. The van der Waals surface area contributed by atoms with Crippen LogP contribution in [0.5, 0.6) is 0 Å². The van der Waals surface area contributed by atoms with Gasteiger partial charge in [0, 0.05) is 23.1 Å². The van der Waals surface area contributed by atoms with Crippen LogP contribution in [0.1, 0.15) is 6.92 Å². The van der Waals surface area contributed by atoms with E-state index in [0.717, 1.165) is 0 Å². The molecule has 0 aliphatic carbocycles. The molecule has 0 aromatic carbocycles. The Hall–Kier alpha value is 0.196. The van der Waals surface area contributed by atoms with Crippen molar-refractivity contribution in [2.75, 3.05) is 0 Å². The molecular formula is C3H6MgO3. The highest BCUT2D eigenvalue weighted by Crippen LogP contribution is 1.73. The molecule has 38 valence electrons. The van der Waals surface area contributed by atoms with Gasteiger partial charge in [0.2, 0.25) is 0 Å². The van der Waals surface area contributed by atoms with Gasteiger partial charge >= 0.3 is 5.97 Å². The second-order valence-electron chi connectivity index (χ2n) is 1.01. The summed E-state index contributed by atoms with van der Waals surface area (Å²) in [6, 6.07) is 0. The highest BCUT2D eigenvalue weighted by molar-refractivity contribution is 5.75. The Balaban J connectivity index is 0. The third-order valence-corrected chi connectivity index (χ3v) is 0.357. The number of carboxylic acid groups (broad SMARTS) is 1. The Morgan fingerprint density at radius 3 is 1.86 bits per heavy atom. The van der Waals surface area contributed by atoms with E-state index < -0.39 is 12.1 Å². The number of carbonyl (C=O) groups is 1. The Bertz CT molecular complexity index is 61.2. The highest BCUT2D eigenvalue weighted by atomic mass is 24.3. The van der Waals surface area contributed by atoms with Gasteiger partial charge in [0.15, 0.2) is 0 Å². The maximum Gasteiger partial charge on any atom is 0.332 e. The minimum absolute atomic E-state index is 0. The molecule has 2 N–H and O–H groups in total. The predicted molar refractivity (Wildman–Crippen MR) is 25.1 cm³/mol. The summed E-state index contributed by atoms with van der Waals surface area (Å²) < 4.78 is 0. The number of aliphatic carboxylic acids is 1. The van der Waals surface area contributed by atoms with Crippen molar-refractivity contribution >= 4 is 29.0 Å². The molecule has 0 aromatic rings. The molecule has 0 spiro atoms. The number of rotatable bonds is 1. The van der Waals surface area contributed by atoms with E-state index in [1.807, 2.05) is 0 Å². The van der Waals surface area contributed by atoms with Gasteiger partial charge in [-0.05, 0) is 6.92 Å². The van der Waals surface area contributed by atoms with E-state index >= 15 is 0 Å². The van der Waals surface area contributed by atoms with Gasteiger partial charge in [0.1, 0.15) is 6.10 Å². The second-order valence-corrected chi connectivity index (χ2v) is 1.01. The summed E-state index contributed by atoms with van der Waals surface area (Å²) in [6.45, 7) is 1.20. The highest BCUT2D eigenvalue weighted by Gasteiger charge is 2.01. The van der Waals surface area contributed by atoms with Crippen LogP contribution in [0.3, 0.4) is 0 Å². The zero-order valence-electron chi connectivity index (χ0n) is 4.09. The number of hydrogen-bond acceptors (Lipinski definition) is 2. The molecule has 0 amide bonds. The molecule has 0 aliphatic heterocycles. The van der Waals surface area contributed by atoms with Crippen molar-refractivity contribution < 1.29 is 15.0 Å². The van der Waals surface area contributed by atoms with E-state index in [9.17, 15) is 4.79 Å².